The molecule has 0 aromatic heterocycles. The minimum Gasteiger partial charge on any atom is -0.345 e. The number of carbonyl (C=O) groups is 1. The summed E-state index contributed by atoms with van der Waals surface area (Å²) in [6.07, 6.45) is 0. The first-order chi connectivity index (χ1) is 7.63. The molecule has 4 heteroatoms. The molecule has 2 heterocycles. The van der Waals surface area contributed by atoms with E-state index in [2.05, 4.69) is 17.1 Å². The average Bonchev–Trinajstić information content (AvgIpc) is 2.82. The van der Waals surface area contributed by atoms with Gasteiger partial charge in [-0.3, -0.25) is 9.69 Å². The van der Waals surface area contributed by atoms with E-state index >= 15 is 0 Å². The molecule has 16 heavy (non-hydrogen) atoms. The van der Waals surface area contributed by atoms with Crippen LogP contribution < -0.4 is 5.32 Å². The predicted molar refractivity (Wildman–Crippen MR) is 64.2 cm³/mol. The second kappa shape index (κ2) is 4.72. The molecule has 0 radical (unpaired) electrons. The van der Waals surface area contributed by atoms with E-state index in [1.54, 1.807) is 4.90 Å². The van der Waals surface area contributed by atoms with Gasteiger partial charge in [0.05, 0.1) is 6.54 Å². The number of likely N-dealkylation sites (N-methyl/N-ethyl adjacent to an activating group) is 1. The lowest BCUT2D eigenvalue weighted by Gasteiger charge is -2.25. The van der Waals surface area contributed by atoms with Gasteiger partial charge in [-0.1, -0.05) is 0 Å². The van der Waals surface area contributed by atoms with Crippen LogP contribution in [0.2, 0.25) is 0 Å². The van der Waals surface area contributed by atoms with Gasteiger partial charge in [-0.05, 0) is 38.8 Å². The van der Waals surface area contributed by atoms with E-state index in [1.807, 2.05) is 14.0 Å². The fourth-order valence-electron chi connectivity index (χ4n) is 2.94. The van der Waals surface area contributed by atoms with Crippen LogP contribution in [-0.2, 0) is 4.79 Å². The van der Waals surface area contributed by atoms with Gasteiger partial charge in [-0.25, -0.2) is 0 Å². The summed E-state index contributed by atoms with van der Waals surface area (Å²) in [5.41, 5.74) is 0. The Morgan fingerprint density at radius 3 is 2.88 bits per heavy atom. The van der Waals surface area contributed by atoms with Crippen molar-refractivity contribution in [2.75, 3.05) is 39.8 Å². The number of nitrogens with one attached hydrogen (secondary N) is 1. The largest absolute Gasteiger partial charge is 0.345 e. The summed E-state index contributed by atoms with van der Waals surface area (Å²) in [5.74, 6) is 1.76. The van der Waals surface area contributed by atoms with E-state index in [0.29, 0.717) is 12.6 Å². The third kappa shape index (κ3) is 2.09. The highest BCUT2D eigenvalue weighted by atomic mass is 16.2. The van der Waals surface area contributed by atoms with Gasteiger partial charge in [0, 0.05) is 26.2 Å². The van der Waals surface area contributed by atoms with E-state index in [9.17, 15) is 4.79 Å². The van der Waals surface area contributed by atoms with Gasteiger partial charge in [-0.15, -0.1) is 0 Å². The third-order valence-corrected chi connectivity index (χ3v) is 4.30. The number of rotatable bonds is 3. The first kappa shape index (κ1) is 11.9. The number of hydrogen-bond donors (Lipinski definition) is 1. The molecule has 2 aliphatic rings. The SMILES string of the molecule is CCN(C)C(=O)CN1CC2CNCC2C1C. The third-order valence-electron chi connectivity index (χ3n) is 4.30. The summed E-state index contributed by atoms with van der Waals surface area (Å²) in [6, 6.07) is 0.550. The van der Waals surface area contributed by atoms with Gasteiger partial charge in [0.25, 0.3) is 0 Å². The molecule has 0 saturated carbocycles. The molecule has 2 saturated heterocycles. The quantitative estimate of drug-likeness (QED) is 0.734. The standard InChI is InChI=1S/C12H23N3O/c1-4-14(3)12(16)8-15-7-10-5-13-6-11(10)9(15)2/h9-11,13H,4-8H2,1-3H3. The van der Waals surface area contributed by atoms with E-state index in [-0.39, 0.29) is 5.91 Å². The lowest BCUT2D eigenvalue weighted by molar-refractivity contribution is -0.131. The molecule has 3 atom stereocenters. The Kier molecular flexibility index (Phi) is 3.50. The van der Waals surface area contributed by atoms with Crippen molar-refractivity contribution in [2.24, 2.45) is 11.8 Å². The average molecular weight is 225 g/mol. The number of hydrogen-bond acceptors (Lipinski definition) is 3. The Labute approximate surface area is 98.0 Å². The fraction of sp³-hybridized carbons (Fsp3) is 0.917. The highest BCUT2D eigenvalue weighted by Crippen LogP contribution is 2.31. The Morgan fingerprint density at radius 2 is 2.25 bits per heavy atom. The zero-order chi connectivity index (χ0) is 11.7. The normalized spacial score (nSPS) is 34.1. The number of nitrogens with zero attached hydrogens (tertiary/aromatic N) is 2. The lowest BCUT2D eigenvalue weighted by Crippen LogP contribution is -2.41. The van der Waals surface area contributed by atoms with Crippen molar-refractivity contribution in [1.82, 2.24) is 15.1 Å². The van der Waals surface area contributed by atoms with Gasteiger partial charge in [0.1, 0.15) is 0 Å². The molecule has 0 spiro atoms. The molecule has 4 nitrogen and oxygen atoms in total. The van der Waals surface area contributed by atoms with Crippen LogP contribution in [0.3, 0.4) is 0 Å². The zero-order valence-corrected chi connectivity index (χ0v) is 10.6. The minimum atomic E-state index is 0.252. The number of fused-ring (bicyclic) bond motifs is 1. The highest BCUT2D eigenvalue weighted by molar-refractivity contribution is 5.78. The van der Waals surface area contributed by atoms with Crippen LogP contribution in [0.25, 0.3) is 0 Å². The molecule has 1 amide bonds. The van der Waals surface area contributed by atoms with Crippen LogP contribution in [-0.4, -0.2) is 61.5 Å². The van der Waals surface area contributed by atoms with E-state index in [0.717, 1.165) is 38.0 Å². The van der Waals surface area contributed by atoms with E-state index in [1.165, 1.54) is 0 Å². The first-order valence-corrected chi connectivity index (χ1v) is 6.32. The second-order valence-electron chi connectivity index (χ2n) is 5.16. The van der Waals surface area contributed by atoms with Gasteiger partial charge in [0.2, 0.25) is 5.91 Å². The van der Waals surface area contributed by atoms with Gasteiger partial charge >= 0.3 is 0 Å². The Balaban J connectivity index is 1.90. The Hall–Kier alpha value is -0.610. The minimum absolute atomic E-state index is 0.252. The smallest absolute Gasteiger partial charge is 0.236 e. The highest BCUT2D eigenvalue weighted by Gasteiger charge is 2.42. The summed E-state index contributed by atoms with van der Waals surface area (Å²) < 4.78 is 0. The van der Waals surface area contributed by atoms with Gasteiger partial charge < -0.3 is 10.2 Å². The fourth-order valence-corrected chi connectivity index (χ4v) is 2.94. The van der Waals surface area contributed by atoms with Crippen molar-refractivity contribution in [1.29, 1.82) is 0 Å². The molecule has 3 unspecified atom stereocenters. The maximum atomic E-state index is 11.9. The maximum absolute atomic E-state index is 11.9. The van der Waals surface area contributed by atoms with E-state index < -0.39 is 0 Å². The summed E-state index contributed by atoms with van der Waals surface area (Å²) in [4.78, 5) is 16.0. The Morgan fingerprint density at radius 1 is 1.50 bits per heavy atom. The molecule has 0 aliphatic carbocycles. The van der Waals surface area contributed by atoms with Crippen molar-refractivity contribution in [2.45, 2.75) is 19.9 Å². The van der Waals surface area contributed by atoms with Crippen molar-refractivity contribution in [3.8, 4) is 0 Å². The van der Waals surface area contributed by atoms with Crippen LogP contribution in [0.5, 0.6) is 0 Å². The molecule has 2 aliphatic heterocycles. The zero-order valence-electron chi connectivity index (χ0n) is 10.6. The maximum Gasteiger partial charge on any atom is 0.236 e. The van der Waals surface area contributed by atoms with Crippen LogP contribution >= 0.6 is 0 Å². The van der Waals surface area contributed by atoms with Crippen molar-refractivity contribution in [3.05, 3.63) is 0 Å². The number of carbonyl (C=O) groups excluding carboxylic acids is 1. The molecular formula is C12H23N3O. The van der Waals surface area contributed by atoms with Crippen LogP contribution in [0.4, 0.5) is 0 Å². The second-order valence-corrected chi connectivity index (χ2v) is 5.16. The topological polar surface area (TPSA) is 35.6 Å². The summed E-state index contributed by atoms with van der Waals surface area (Å²) >= 11 is 0. The molecule has 0 aromatic carbocycles. The van der Waals surface area contributed by atoms with Crippen molar-refractivity contribution in [3.63, 3.8) is 0 Å². The summed E-state index contributed by atoms with van der Waals surface area (Å²) in [6.45, 7) is 9.01. The van der Waals surface area contributed by atoms with Crippen LogP contribution in [0.15, 0.2) is 0 Å². The monoisotopic (exact) mass is 225 g/mol. The molecule has 0 bridgehead atoms. The molecule has 1 N–H and O–H groups in total. The molecular weight excluding hydrogens is 202 g/mol. The first-order valence-electron chi connectivity index (χ1n) is 6.32. The number of amides is 1. The van der Waals surface area contributed by atoms with Gasteiger partial charge in [-0.2, -0.15) is 0 Å². The predicted octanol–water partition coefficient (Wildman–Crippen LogP) is 0.00440. The van der Waals surface area contributed by atoms with Crippen molar-refractivity contribution < 1.29 is 4.79 Å². The lowest BCUT2D eigenvalue weighted by atomic mass is 9.95. The number of likely N-dealkylation sites (tertiary alicyclic amines) is 1. The molecule has 2 fully saturated rings. The summed E-state index contributed by atoms with van der Waals surface area (Å²) in [7, 11) is 1.88. The van der Waals surface area contributed by atoms with Crippen LogP contribution in [0, 0.1) is 11.8 Å². The molecule has 92 valence electrons. The van der Waals surface area contributed by atoms with Crippen molar-refractivity contribution >= 4 is 5.91 Å². The van der Waals surface area contributed by atoms with E-state index in [4.69, 9.17) is 0 Å². The molecule has 0 aromatic rings. The van der Waals surface area contributed by atoms with Crippen LogP contribution in [0.1, 0.15) is 13.8 Å². The summed E-state index contributed by atoms with van der Waals surface area (Å²) in [5, 5.41) is 3.44. The van der Waals surface area contributed by atoms with Gasteiger partial charge in [0.15, 0.2) is 0 Å². The molecule has 2 rings (SSSR count). The Bertz CT molecular complexity index is 269.